The Morgan fingerprint density at radius 1 is 1.27 bits per heavy atom. The number of nitrogens with zero attached hydrogens (tertiary/aromatic N) is 3. The molecule has 6 nitrogen and oxygen atoms in total. The summed E-state index contributed by atoms with van der Waals surface area (Å²) in [6, 6.07) is 9.31. The Balaban J connectivity index is 1.42. The standard InChI is InChI=1S/C19H17F3N4O2S2/c1-11(17(27)23-12-4-8-14(9-5-12)28-19(20,21)22)30-18-25-24-16(15-3-2-10-29-15)26(18)13-6-7-13/h2-5,8-11,13H,6-7H2,1H3,(H,23,27)/t11-/m0/s1. The third kappa shape index (κ3) is 4.96. The first kappa shape index (κ1) is 20.7. The largest absolute Gasteiger partial charge is 0.573 e. The molecule has 1 aliphatic carbocycles. The van der Waals surface area contributed by atoms with Crippen LogP contribution in [0.4, 0.5) is 18.9 Å². The van der Waals surface area contributed by atoms with Gasteiger partial charge in [0.05, 0.1) is 10.1 Å². The summed E-state index contributed by atoms with van der Waals surface area (Å²) in [5.41, 5.74) is 0.380. The molecule has 1 atom stereocenters. The number of amides is 1. The molecule has 11 heteroatoms. The zero-order chi connectivity index (χ0) is 21.3. The van der Waals surface area contributed by atoms with Gasteiger partial charge in [-0.2, -0.15) is 0 Å². The molecule has 0 saturated heterocycles. The Labute approximate surface area is 178 Å². The van der Waals surface area contributed by atoms with E-state index in [9.17, 15) is 18.0 Å². The van der Waals surface area contributed by atoms with Gasteiger partial charge in [0, 0.05) is 11.7 Å². The number of alkyl halides is 3. The summed E-state index contributed by atoms with van der Waals surface area (Å²) < 4.78 is 42.6. The number of hydrogen-bond donors (Lipinski definition) is 1. The number of rotatable bonds is 7. The van der Waals surface area contributed by atoms with Crippen LogP contribution in [0.3, 0.4) is 0 Å². The molecule has 1 N–H and O–H groups in total. The van der Waals surface area contributed by atoms with E-state index in [1.54, 1.807) is 18.3 Å². The van der Waals surface area contributed by atoms with Crippen molar-refractivity contribution in [2.75, 3.05) is 5.32 Å². The van der Waals surface area contributed by atoms with Crippen molar-refractivity contribution in [3.63, 3.8) is 0 Å². The molecule has 0 unspecified atom stereocenters. The van der Waals surface area contributed by atoms with Crippen molar-refractivity contribution in [1.82, 2.24) is 14.8 Å². The van der Waals surface area contributed by atoms with Gasteiger partial charge in [0.1, 0.15) is 5.75 Å². The highest BCUT2D eigenvalue weighted by Gasteiger charge is 2.32. The molecular weight excluding hydrogens is 437 g/mol. The van der Waals surface area contributed by atoms with E-state index in [0.717, 1.165) is 35.7 Å². The zero-order valence-electron chi connectivity index (χ0n) is 15.7. The minimum Gasteiger partial charge on any atom is -0.406 e. The van der Waals surface area contributed by atoms with Gasteiger partial charge in [-0.15, -0.1) is 34.7 Å². The Kier molecular flexibility index (Phi) is 5.74. The number of nitrogens with one attached hydrogen (secondary N) is 1. The van der Waals surface area contributed by atoms with Crippen molar-refractivity contribution < 1.29 is 22.7 Å². The van der Waals surface area contributed by atoms with Crippen molar-refractivity contribution in [3.8, 4) is 16.5 Å². The summed E-state index contributed by atoms with van der Waals surface area (Å²) in [6.07, 6.45) is -2.65. The summed E-state index contributed by atoms with van der Waals surface area (Å²) in [4.78, 5) is 13.6. The average molecular weight is 454 g/mol. The number of hydrogen-bond acceptors (Lipinski definition) is 6. The number of halogens is 3. The maximum Gasteiger partial charge on any atom is 0.573 e. The van der Waals surface area contributed by atoms with E-state index in [-0.39, 0.29) is 11.7 Å². The lowest BCUT2D eigenvalue weighted by molar-refractivity contribution is -0.274. The van der Waals surface area contributed by atoms with Gasteiger partial charge in [0.15, 0.2) is 11.0 Å². The maximum absolute atomic E-state index is 12.6. The van der Waals surface area contributed by atoms with Crippen LogP contribution in [0.25, 0.3) is 10.7 Å². The topological polar surface area (TPSA) is 69.0 Å². The summed E-state index contributed by atoms with van der Waals surface area (Å²) >= 11 is 2.89. The minimum absolute atomic E-state index is 0.285. The molecule has 1 aliphatic rings. The van der Waals surface area contributed by atoms with Gasteiger partial charge in [-0.1, -0.05) is 17.8 Å². The number of carbonyl (C=O) groups excluding carboxylic acids is 1. The van der Waals surface area contributed by atoms with Crippen molar-refractivity contribution in [2.45, 2.75) is 42.6 Å². The quantitative estimate of drug-likeness (QED) is 0.487. The molecule has 0 aliphatic heterocycles. The first-order valence-corrected chi connectivity index (χ1v) is 10.9. The van der Waals surface area contributed by atoms with Crippen LogP contribution in [0.1, 0.15) is 25.8 Å². The lowest BCUT2D eigenvalue weighted by atomic mass is 10.3. The van der Waals surface area contributed by atoms with Crippen LogP contribution in [-0.2, 0) is 4.79 Å². The van der Waals surface area contributed by atoms with Crippen LogP contribution < -0.4 is 10.1 Å². The average Bonchev–Trinajstić information content (AvgIpc) is 3.21. The van der Waals surface area contributed by atoms with Crippen LogP contribution in [0.2, 0.25) is 0 Å². The van der Waals surface area contributed by atoms with Crippen LogP contribution in [0, 0.1) is 0 Å². The highest BCUT2D eigenvalue weighted by atomic mass is 32.2. The van der Waals surface area contributed by atoms with Crippen LogP contribution >= 0.6 is 23.1 Å². The summed E-state index contributed by atoms with van der Waals surface area (Å²) in [7, 11) is 0. The van der Waals surface area contributed by atoms with Gasteiger partial charge in [0.2, 0.25) is 5.91 Å². The molecule has 3 aromatic rings. The fourth-order valence-corrected chi connectivity index (χ4v) is 4.41. The zero-order valence-corrected chi connectivity index (χ0v) is 17.4. The molecule has 2 heterocycles. The molecule has 4 rings (SSSR count). The van der Waals surface area contributed by atoms with E-state index in [0.29, 0.717) is 16.9 Å². The van der Waals surface area contributed by atoms with E-state index in [4.69, 9.17) is 0 Å². The van der Waals surface area contributed by atoms with E-state index in [2.05, 4.69) is 24.8 Å². The molecule has 1 aromatic carbocycles. The molecule has 0 bridgehead atoms. The van der Waals surface area contributed by atoms with Crippen molar-refractivity contribution in [3.05, 3.63) is 41.8 Å². The van der Waals surface area contributed by atoms with E-state index >= 15 is 0 Å². The van der Waals surface area contributed by atoms with Gasteiger partial charge in [-0.05, 0) is 55.5 Å². The fourth-order valence-electron chi connectivity index (χ4n) is 2.79. The van der Waals surface area contributed by atoms with Gasteiger partial charge in [-0.25, -0.2) is 0 Å². The Hall–Kier alpha value is -2.53. The number of benzene rings is 1. The highest BCUT2D eigenvalue weighted by Crippen LogP contribution is 2.42. The molecule has 1 fully saturated rings. The highest BCUT2D eigenvalue weighted by molar-refractivity contribution is 8.00. The molecule has 0 radical (unpaired) electrons. The van der Waals surface area contributed by atoms with Crippen molar-refractivity contribution in [2.24, 2.45) is 0 Å². The second-order valence-electron chi connectivity index (χ2n) is 6.71. The third-order valence-corrected chi connectivity index (χ3v) is 6.25. The van der Waals surface area contributed by atoms with Crippen LogP contribution in [0.15, 0.2) is 46.9 Å². The fraction of sp³-hybridized carbons (Fsp3) is 0.316. The normalized spacial score (nSPS) is 15.1. The van der Waals surface area contributed by atoms with Crippen LogP contribution in [0.5, 0.6) is 5.75 Å². The molecular formula is C19H17F3N4O2S2. The van der Waals surface area contributed by atoms with Gasteiger partial charge in [0.25, 0.3) is 0 Å². The Morgan fingerprint density at radius 3 is 2.60 bits per heavy atom. The molecule has 30 heavy (non-hydrogen) atoms. The van der Waals surface area contributed by atoms with Crippen molar-refractivity contribution >= 4 is 34.7 Å². The van der Waals surface area contributed by atoms with Gasteiger partial charge >= 0.3 is 6.36 Å². The van der Waals surface area contributed by atoms with E-state index < -0.39 is 11.6 Å². The Morgan fingerprint density at radius 2 is 2.00 bits per heavy atom. The number of thioether (sulfide) groups is 1. The second kappa shape index (κ2) is 8.31. The summed E-state index contributed by atoms with van der Waals surface area (Å²) in [5.74, 6) is 0.178. The van der Waals surface area contributed by atoms with Crippen LogP contribution in [-0.4, -0.2) is 32.3 Å². The first-order valence-electron chi connectivity index (χ1n) is 9.12. The summed E-state index contributed by atoms with van der Waals surface area (Å²) in [5, 5.41) is 13.5. The second-order valence-corrected chi connectivity index (χ2v) is 8.96. The lowest BCUT2D eigenvalue weighted by Gasteiger charge is -2.14. The monoisotopic (exact) mass is 454 g/mol. The minimum atomic E-state index is -4.75. The predicted octanol–water partition coefficient (Wildman–Crippen LogP) is 5.36. The summed E-state index contributed by atoms with van der Waals surface area (Å²) in [6.45, 7) is 1.75. The van der Waals surface area contributed by atoms with Gasteiger partial charge in [-0.3, -0.25) is 9.36 Å². The van der Waals surface area contributed by atoms with Crippen molar-refractivity contribution in [1.29, 1.82) is 0 Å². The third-order valence-electron chi connectivity index (χ3n) is 4.32. The SMILES string of the molecule is C[C@H](Sc1nnc(-c2cccs2)n1C1CC1)C(=O)Nc1ccc(OC(F)(F)F)cc1. The number of thiophene rings is 1. The molecule has 158 valence electrons. The molecule has 1 saturated carbocycles. The molecule has 1 amide bonds. The molecule has 2 aromatic heterocycles. The van der Waals surface area contributed by atoms with E-state index in [1.807, 2.05) is 17.5 Å². The molecule has 0 spiro atoms. The first-order chi connectivity index (χ1) is 14.3. The predicted molar refractivity (Wildman–Crippen MR) is 109 cm³/mol. The number of ether oxygens (including phenoxy) is 1. The Bertz CT molecular complexity index is 1020. The number of carbonyl (C=O) groups is 1. The lowest BCUT2D eigenvalue weighted by Crippen LogP contribution is -2.23. The number of anilines is 1. The smallest absolute Gasteiger partial charge is 0.406 e. The van der Waals surface area contributed by atoms with Gasteiger partial charge < -0.3 is 10.1 Å². The number of aromatic nitrogens is 3. The van der Waals surface area contributed by atoms with E-state index in [1.165, 1.54) is 23.9 Å². The maximum atomic E-state index is 12.6.